The Morgan fingerprint density at radius 3 is 2.81 bits per heavy atom. The predicted octanol–water partition coefficient (Wildman–Crippen LogP) is 1.19. The molecular formula is C6H7BrClN3O3S2. The molecule has 0 aliphatic carbocycles. The number of hydrogen-bond donors (Lipinski definition) is 3. The van der Waals surface area contributed by atoms with E-state index in [0.717, 1.165) is 11.3 Å². The maximum absolute atomic E-state index is 11.6. The Hall–Kier alpha value is -0.350. The molecule has 0 saturated heterocycles. The van der Waals surface area contributed by atoms with E-state index in [9.17, 15) is 8.42 Å². The van der Waals surface area contributed by atoms with Crippen LogP contribution in [0.3, 0.4) is 0 Å². The van der Waals surface area contributed by atoms with E-state index in [0.29, 0.717) is 8.81 Å². The Labute approximate surface area is 109 Å². The Morgan fingerprint density at radius 2 is 2.38 bits per heavy atom. The van der Waals surface area contributed by atoms with Crippen LogP contribution in [-0.2, 0) is 10.0 Å². The molecule has 0 spiro atoms. The van der Waals surface area contributed by atoms with Gasteiger partial charge in [0.2, 0.25) is 0 Å². The van der Waals surface area contributed by atoms with E-state index in [1.165, 1.54) is 6.07 Å². The van der Waals surface area contributed by atoms with Crippen molar-refractivity contribution < 1.29 is 13.6 Å². The Bertz CT molecular complexity index is 494. The molecule has 0 amide bonds. The van der Waals surface area contributed by atoms with Gasteiger partial charge >= 0.3 is 0 Å². The molecule has 0 fully saturated rings. The fraction of sp³-hybridized carbons (Fsp3) is 0.167. The number of thiophene rings is 1. The van der Waals surface area contributed by atoms with Crippen molar-refractivity contribution in [1.82, 2.24) is 4.72 Å². The molecular weight excluding hydrogens is 342 g/mol. The number of nitrogens with zero attached hydrogens (tertiary/aromatic N) is 1. The number of oxime groups is 1. The summed E-state index contributed by atoms with van der Waals surface area (Å²) in [6.45, 7) is -0.272. The molecule has 0 aliphatic rings. The molecule has 90 valence electrons. The van der Waals surface area contributed by atoms with Crippen molar-refractivity contribution in [3.05, 3.63) is 14.9 Å². The average molecular weight is 349 g/mol. The summed E-state index contributed by atoms with van der Waals surface area (Å²) >= 11 is 9.79. The highest BCUT2D eigenvalue weighted by Crippen LogP contribution is 2.34. The summed E-state index contributed by atoms with van der Waals surface area (Å²) in [5.41, 5.74) is 5.13. The van der Waals surface area contributed by atoms with Gasteiger partial charge in [0.05, 0.1) is 15.4 Å². The number of sulfonamides is 1. The van der Waals surface area contributed by atoms with Crippen molar-refractivity contribution in [2.45, 2.75) is 4.21 Å². The van der Waals surface area contributed by atoms with Gasteiger partial charge in [0, 0.05) is 0 Å². The Kier molecular flexibility index (Phi) is 4.56. The largest absolute Gasteiger partial charge is 0.409 e. The van der Waals surface area contributed by atoms with Crippen LogP contribution in [0.1, 0.15) is 0 Å². The van der Waals surface area contributed by atoms with Gasteiger partial charge in [0.15, 0.2) is 5.84 Å². The lowest BCUT2D eigenvalue weighted by molar-refractivity contribution is 0.317. The Morgan fingerprint density at radius 1 is 1.75 bits per heavy atom. The fourth-order valence-electron chi connectivity index (χ4n) is 0.735. The van der Waals surface area contributed by atoms with Gasteiger partial charge in [0.25, 0.3) is 10.0 Å². The topological polar surface area (TPSA) is 105 Å². The molecule has 0 saturated carbocycles. The van der Waals surface area contributed by atoms with E-state index in [2.05, 4.69) is 25.8 Å². The molecule has 1 rings (SSSR count). The molecule has 4 N–H and O–H groups in total. The minimum Gasteiger partial charge on any atom is -0.409 e. The standard InChI is InChI=1S/C6H7BrClN3O3S2/c7-6-3(8)1-5(15-6)16(13,14)10-2-4(9)11-12/h1,10,12H,2H2,(H2,9,11). The summed E-state index contributed by atoms with van der Waals surface area (Å²) in [7, 11) is -3.68. The number of halogens is 2. The maximum Gasteiger partial charge on any atom is 0.250 e. The first-order chi connectivity index (χ1) is 7.36. The first-order valence-corrected chi connectivity index (χ1v) is 7.25. The van der Waals surface area contributed by atoms with Gasteiger partial charge in [0.1, 0.15) is 4.21 Å². The third-order valence-corrected chi connectivity index (χ3v) is 5.81. The van der Waals surface area contributed by atoms with Crippen LogP contribution in [0.25, 0.3) is 0 Å². The van der Waals surface area contributed by atoms with Gasteiger partial charge in [-0.1, -0.05) is 16.8 Å². The first-order valence-electron chi connectivity index (χ1n) is 3.77. The van der Waals surface area contributed by atoms with Crippen molar-refractivity contribution in [3.63, 3.8) is 0 Å². The van der Waals surface area contributed by atoms with Gasteiger partial charge in [-0.15, -0.1) is 11.3 Å². The highest BCUT2D eigenvalue weighted by Gasteiger charge is 2.18. The molecule has 16 heavy (non-hydrogen) atoms. The quantitative estimate of drug-likeness (QED) is 0.329. The summed E-state index contributed by atoms with van der Waals surface area (Å²) < 4.78 is 26.0. The van der Waals surface area contributed by atoms with Crippen LogP contribution in [0.4, 0.5) is 0 Å². The average Bonchev–Trinajstić information content (AvgIpc) is 2.56. The second-order valence-corrected chi connectivity index (χ2v) is 7.37. The second kappa shape index (κ2) is 5.32. The predicted molar refractivity (Wildman–Crippen MR) is 65.6 cm³/mol. The third-order valence-electron chi connectivity index (χ3n) is 1.46. The maximum atomic E-state index is 11.6. The molecule has 0 bridgehead atoms. The van der Waals surface area contributed by atoms with Gasteiger partial charge in [-0.3, -0.25) is 0 Å². The molecule has 10 heteroatoms. The van der Waals surface area contributed by atoms with Crippen molar-refractivity contribution in [2.75, 3.05) is 6.54 Å². The zero-order chi connectivity index (χ0) is 12.3. The van der Waals surface area contributed by atoms with Crippen molar-refractivity contribution >= 4 is 54.7 Å². The molecule has 0 unspecified atom stereocenters. The molecule has 0 atom stereocenters. The van der Waals surface area contributed by atoms with Crippen molar-refractivity contribution in [2.24, 2.45) is 10.9 Å². The van der Waals surface area contributed by atoms with Crippen LogP contribution in [0.15, 0.2) is 19.2 Å². The number of rotatable bonds is 4. The summed E-state index contributed by atoms with van der Waals surface area (Å²) in [6, 6.07) is 1.31. The first kappa shape index (κ1) is 13.7. The lowest BCUT2D eigenvalue weighted by atomic mass is 10.6. The molecule has 1 heterocycles. The molecule has 1 aromatic heterocycles. The van der Waals surface area contributed by atoms with Gasteiger partial charge < -0.3 is 10.9 Å². The summed E-state index contributed by atoms with van der Waals surface area (Å²) in [5, 5.41) is 11.2. The lowest BCUT2D eigenvalue weighted by Gasteiger charge is -2.02. The van der Waals surface area contributed by atoms with Crippen LogP contribution in [0, 0.1) is 0 Å². The van der Waals surface area contributed by atoms with E-state index >= 15 is 0 Å². The minimum absolute atomic E-state index is 0.0510. The van der Waals surface area contributed by atoms with Crippen LogP contribution < -0.4 is 10.5 Å². The summed E-state index contributed by atoms with van der Waals surface area (Å²) in [4.78, 5) is 0. The summed E-state index contributed by atoms with van der Waals surface area (Å²) in [5.74, 6) is -0.231. The SMILES string of the molecule is NC(CNS(=O)(=O)c1cc(Cl)c(Br)s1)=NO. The number of hydrogen-bond acceptors (Lipinski definition) is 5. The smallest absolute Gasteiger partial charge is 0.250 e. The van der Waals surface area contributed by atoms with Crippen molar-refractivity contribution in [1.29, 1.82) is 0 Å². The van der Waals surface area contributed by atoms with Gasteiger partial charge in [-0.05, 0) is 22.0 Å². The third kappa shape index (κ3) is 3.32. The van der Waals surface area contributed by atoms with E-state index < -0.39 is 10.0 Å². The fourth-order valence-corrected chi connectivity index (χ4v) is 4.18. The Balaban J connectivity index is 2.86. The highest BCUT2D eigenvalue weighted by molar-refractivity contribution is 9.11. The number of amidine groups is 1. The van der Waals surface area contributed by atoms with Gasteiger partial charge in [-0.25, -0.2) is 13.1 Å². The molecule has 0 aliphatic heterocycles. The number of nitrogens with one attached hydrogen (secondary N) is 1. The lowest BCUT2D eigenvalue weighted by Crippen LogP contribution is -2.33. The molecule has 0 radical (unpaired) electrons. The van der Waals surface area contributed by atoms with Crippen molar-refractivity contribution in [3.8, 4) is 0 Å². The van der Waals surface area contributed by atoms with E-state index in [1.54, 1.807) is 0 Å². The zero-order valence-corrected chi connectivity index (χ0v) is 11.6. The van der Waals surface area contributed by atoms with E-state index in [-0.39, 0.29) is 16.6 Å². The summed E-state index contributed by atoms with van der Waals surface area (Å²) in [6.07, 6.45) is 0. The molecule has 0 aromatic carbocycles. The molecule has 1 aromatic rings. The van der Waals surface area contributed by atoms with Crippen LogP contribution in [-0.4, -0.2) is 26.0 Å². The molecule has 6 nitrogen and oxygen atoms in total. The number of nitrogens with two attached hydrogens (primary N) is 1. The van der Waals surface area contributed by atoms with Gasteiger partial charge in [-0.2, -0.15) is 0 Å². The minimum atomic E-state index is -3.68. The zero-order valence-electron chi connectivity index (χ0n) is 7.65. The highest BCUT2D eigenvalue weighted by atomic mass is 79.9. The van der Waals surface area contributed by atoms with Crippen LogP contribution in [0.2, 0.25) is 5.02 Å². The van der Waals surface area contributed by atoms with E-state index in [1.807, 2.05) is 0 Å². The second-order valence-electron chi connectivity index (χ2n) is 2.60. The van der Waals surface area contributed by atoms with E-state index in [4.69, 9.17) is 22.5 Å². The monoisotopic (exact) mass is 347 g/mol. The van der Waals surface area contributed by atoms with Crippen LogP contribution in [0.5, 0.6) is 0 Å². The van der Waals surface area contributed by atoms with Crippen LogP contribution >= 0.6 is 38.9 Å². The normalized spacial score (nSPS) is 13.0.